The second-order valence-electron chi connectivity index (χ2n) is 2.82. The van der Waals surface area contributed by atoms with Crippen molar-refractivity contribution in [1.82, 2.24) is 0 Å². The van der Waals surface area contributed by atoms with Gasteiger partial charge in [-0.1, -0.05) is 24.4 Å². The minimum atomic E-state index is -1.59. The molecule has 0 aromatic carbocycles. The van der Waals surface area contributed by atoms with E-state index in [-0.39, 0.29) is 11.3 Å². The average molecular weight is 196 g/mol. The van der Waals surface area contributed by atoms with Crippen LogP contribution in [0.25, 0.3) is 0 Å². The molecule has 68 valence electrons. The highest BCUT2D eigenvalue weighted by atomic mass is 32.1. The second-order valence-corrected chi connectivity index (χ2v) is 3.31. The molecular weight excluding hydrogens is 187 g/mol. The van der Waals surface area contributed by atoms with Crippen molar-refractivity contribution in [3.8, 4) is 0 Å². The summed E-state index contributed by atoms with van der Waals surface area (Å²) in [5, 5.41) is 17.8. The van der Waals surface area contributed by atoms with Crippen LogP contribution in [0.2, 0.25) is 0 Å². The Bertz CT molecular complexity index is 317. The van der Waals surface area contributed by atoms with E-state index in [1.165, 1.54) is 13.0 Å². The van der Waals surface area contributed by atoms with Crippen LogP contribution in [-0.4, -0.2) is 27.8 Å². The fourth-order valence-corrected chi connectivity index (χ4v) is 1.34. The lowest BCUT2D eigenvalue weighted by atomic mass is 9.73. The molecule has 1 aliphatic carbocycles. The van der Waals surface area contributed by atoms with Crippen molar-refractivity contribution in [2.75, 3.05) is 0 Å². The second kappa shape index (κ2) is 3.96. The summed E-state index contributed by atoms with van der Waals surface area (Å²) in [6.07, 6.45) is 3.54. The van der Waals surface area contributed by atoms with Crippen LogP contribution >= 0.6 is 12.2 Å². The van der Waals surface area contributed by atoms with Gasteiger partial charge in [0.25, 0.3) is 0 Å². The van der Waals surface area contributed by atoms with Crippen molar-refractivity contribution in [3.63, 3.8) is 0 Å². The zero-order chi connectivity index (χ0) is 10.0. The van der Waals surface area contributed by atoms with Gasteiger partial charge in [-0.3, -0.25) is 4.79 Å². The number of ketones is 1. The third-order valence-corrected chi connectivity index (χ3v) is 2.23. The summed E-state index contributed by atoms with van der Waals surface area (Å²) < 4.78 is 0. The van der Waals surface area contributed by atoms with E-state index in [0.717, 1.165) is 0 Å². The molecule has 13 heavy (non-hydrogen) atoms. The molecule has 0 spiro atoms. The van der Waals surface area contributed by atoms with Gasteiger partial charge in [-0.2, -0.15) is 0 Å². The largest absolute Gasteiger partial charge is 0.489 e. The maximum atomic E-state index is 11.0. The molecule has 2 N–H and O–H groups in total. The molecule has 0 aromatic rings. The molecular formula is C8H9BO3S. The topological polar surface area (TPSA) is 57.5 Å². The minimum absolute atomic E-state index is 0.0966. The third kappa shape index (κ3) is 2.34. The summed E-state index contributed by atoms with van der Waals surface area (Å²) in [7, 11) is -1.59. The first-order valence-corrected chi connectivity index (χ1v) is 4.25. The summed E-state index contributed by atoms with van der Waals surface area (Å²) in [4.78, 5) is 11.4. The Kier molecular flexibility index (Phi) is 3.14. The fraction of sp³-hybridized carbons (Fsp3) is 0.250. The molecule has 5 heteroatoms. The van der Waals surface area contributed by atoms with Crippen LogP contribution in [0.3, 0.4) is 0 Å². The molecule has 3 nitrogen and oxygen atoms in total. The monoisotopic (exact) mass is 196 g/mol. The van der Waals surface area contributed by atoms with Gasteiger partial charge in [0.15, 0.2) is 5.78 Å². The van der Waals surface area contributed by atoms with E-state index in [4.69, 9.17) is 22.3 Å². The number of hydrogen-bond acceptors (Lipinski definition) is 4. The maximum absolute atomic E-state index is 11.0. The van der Waals surface area contributed by atoms with Gasteiger partial charge in [-0.25, -0.2) is 0 Å². The average Bonchev–Trinajstić information content (AvgIpc) is 2.04. The third-order valence-electron chi connectivity index (χ3n) is 1.83. The molecule has 0 saturated carbocycles. The molecule has 0 bridgehead atoms. The summed E-state index contributed by atoms with van der Waals surface area (Å²) >= 11 is 4.90. The Balaban J connectivity index is 2.98. The number of rotatable bonds is 2. The fourth-order valence-electron chi connectivity index (χ4n) is 1.09. The van der Waals surface area contributed by atoms with Crippen LogP contribution in [0, 0.1) is 0 Å². The van der Waals surface area contributed by atoms with E-state index in [0.29, 0.717) is 16.9 Å². The van der Waals surface area contributed by atoms with Gasteiger partial charge in [0, 0.05) is 16.9 Å². The first-order chi connectivity index (χ1) is 6.02. The van der Waals surface area contributed by atoms with Gasteiger partial charge in [0.05, 0.1) is 0 Å². The van der Waals surface area contributed by atoms with E-state index in [9.17, 15) is 4.79 Å². The number of hydrogen-bond donors (Lipinski definition) is 2. The Hall–Kier alpha value is -0.775. The predicted molar refractivity (Wildman–Crippen MR) is 54.3 cm³/mol. The van der Waals surface area contributed by atoms with Gasteiger partial charge < -0.3 is 10.0 Å². The van der Waals surface area contributed by atoms with Crippen LogP contribution in [0.4, 0.5) is 0 Å². The first-order valence-electron chi connectivity index (χ1n) is 3.84. The highest BCUT2D eigenvalue weighted by Gasteiger charge is 2.22. The van der Waals surface area contributed by atoms with E-state index in [1.807, 2.05) is 0 Å². The normalized spacial score (nSPS) is 16.4. The van der Waals surface area contributed by atoms with E-state index >= 15 is 0 Å². The number of carbonyl (C=O) groups excluding carboxylic acids is 1. The lowest BCUT2D eigenvalue weighted by molar-refractivity contribution is -0.113. The minimum Gasteiger partial charge on any atom is -0.423 e. The van der Waals surface area contributed by atoms with Crippen molar-refractivity contribution in [1.29, 1.82) is 0 Å². The summed E-state index contributed by atoms with van der Waals surface area (Å²) in [6.45, 7) is 1.43. The van der Waals surface area contributed by atoms with Crippen molar-refractivity contribution in [3.05, 3.63) is 23.2 Å². The van der Waals surface area contributed by atoms with Gasteiger partial charge in [-0.05, 0) is 12.4 Å². The van der Waals surface area contributed by atoms with Gasteiger partial charge in [0.2, 0.25) is 0 Å². The van der Waals surface area contributed by atoms with Crippen LogP contribution in [0.5, 0.6) is 0 Å². The molecule has 1 aliphatic rings. The van der Waals surface area contributed by atoms with Gasteiger partial charge >= 0.3 is 7.12 Å². The van der Waals surface area contributed by atoms with Crippen LogP contribution < -0.4 is 0 Å². The highest BCUT2D eigenvalue weighted by Crippen LogP contribution is 2.16. The number of thiocarbonyl (C=S) groups is 1. The molecule has 0 aromatic heterocycles. The van der Waals surface area contributed by atoms with Crippen molar-refractivity contribution < 1.29 is 14.8 Å². The van der Waals surface area contributed by atoms with Crippen LogP contribution in [-0.2, 0) is 4.79 Å². The Morgan fingerprint density at radius 2 is 2.23 bits per heavy atom. The van der Waals surface area contributed by atoms with E-state index < -0.39 is 7.12 Å². The van der Waals surface area contributed by atoms with Crippen molar-refractivity contribution in [2.24, 2.45) is 0 Å². The number of Topliss-reactive ketones (excluding diaryl/α,β-unsaturated/α-hetero) is 1. The molecule has 0 fully saturated rings. The highest BCUT2D eigenvalue weighted by molar-refractivity contribution is 7.81. The predicted octanol–water partition coefficient (Wildman–Crippen LogP) is 0.214. The number of allylic oxidation sites excluding steroid dienone is 4. The van der Waals surface area contributed by atoms with Crippen LogP contribution in [0.15, 0.2) is 23.2 Å². The molecule has 1 rings (SSSR count). The van der Waals surface area contributed by atoms with Crippen molar-refractivity contribution in [2.45, 2.75) is 13.3 Å². The molecule has 0 aliphatic heterocycles. The lowest BCUT2D eigenvalue weighted by Gasteiger charge is -2.12. The Morgan fingerprint density at radius 1 is 1.62 bits per heavy atom. The summed E-state index contributed by atoms with van der Waals surface area (Å²) in [5.74, 6) is -0.0966. The zero-order valence-corrected chi connectivity index (χ0v) is 7.97. The van der Waals surface area contributed by atoms with Gasteiger partial charge in [0.1, 0.15) is 0 Å². The SMILES string of the molecule is CC(=O)C1=CCC(=S)C(B(O)O)=C1. The molecule has 0 unspecified atom stereocenters. The number of carbonyl (C=O) groups is 1. The summed E-state index contributed by atoms with van der Waals surface area (Å²) in [6, 6.07) is 0. The Labute approximate surface area is 81.9 Å². The molecule has 0 amide bonds. The van der Waals surface area contributed by atoms with Gasteiger partial charge in [-0.15, -0.1) is 0 Å². The van der Waals surface area contributed by atoms with Crippen LogP contribution in [0.1, 0.15) is 13.3 Å². The molecule has 0 atom stereocenters. The van der Waals surface area contributed by atoms with Crippen molar-refractivity contribution >= 4 is 30.0 Å². The lowest BCUT2D eigenvalue weighted by Crippen LogP contribution is -2.23. The molecule has 0 saturated heterocycles. The Morgan fingerprint density at radius 3 is 2.69 bits per heavy atom. The first kappa shape index (κ1) is 10.3. The smallest absolute Gasteiger partial charge is 0.423 e. The van der Waals surface area contributed by atoms with E-state index in [2.05, 4.69) is 0 Å². The quantitative estimate of drug-likeness (QED) is 0.489. The van der Waals surface area contributed by atoms with E-state index in [1.54, 1.807) is 6.08 Å². The maximum Gasteiger partial charge on any atom is 0.489 e. The zero-order valence-electron chi connectivity index (χ0n) is 7.15. The standard InChI is InChI=1S/C8H9BO3S/c1-5(10)6-2-3-8(13)7(4-6)9(11)12/h2,4,11-12H,3H2,1H3. The molecule has 0 heterocycles. The molecule has 0 radical (unpaired) electrons. The summed E-state index contributed by atoms with van der Waals surface area (Å²) in [5.41, 5.74) is 0.736.